The van der Waals surface area contributed by atoms with E-state index in [1.54, 1.807) is 16.7 Å². The molecule has 1 aromatic rings. The number of hydrogen-bond donors (Lipinski definition) is 0. The summed E-state index contributed by atoms with van der Waals surface area (Å²) in [5, 5.41) is 0. The van der Waals surface area contributed by atoms with Crippen molar-refractivity contribution >= 4 is 15.8 Å². The molecule has 22 heavy (non-hydrogen) atoms. The van der Waals surface area contributed by atoms with Crippen molar-refractivity contribution in [2.24, 2.45) is 0 Å². The molecule has 3 heterocycles. The highest BCUT2D eigenvalue weighted by atomic mass is 32.2. The fourth-order valence-corrected chi connectivity index (χ4v) is 4.21. The highest BCUT2D eigenvalue weighted by Crippen LogP contribution is 2.32. The van der Waals surface area contributed by atoms with Gasteiger partial charge < -0.3 is 9.64 Å². The van der Waals surface area contributed by atoms with E-state index in [0.29, 0.717) is 19.8 Å². The van der Waals surface area contributed by atoms with E-state index in [4.69, 9.17) is 4.74 Å². The minimum absolute atomic E-state index is 0.197. The lowest BCUT2D eigenvalue weighted by Gasteiger charge is -2.34. The van der Waals surface area contributed by atoms with Crippen LogP contribution in [0.2, 0.25) is 0 Å². The molecule has 2 aliphatic rings. The van der Waals surface area contributed by atoms with E-state index in [-0.39, 0.29) is 6.04 Å². The Morgan fingerprint density at radius 2 is 1.95 bits per heavy atom. The van der Waals surface area contributed by atoms with Crippen LogP contribution in [0.15, 0.2) is 12.4 Å². The SMILES string of the molecule is CS(=O)(=O)N1CCCCC1c1cncc(N2CCOCC2)n1. The van der Waals surface area contributed by atoms with Gasteiger partial charge in [0.2, 0.25) is 10.0 Å². The first-order valence-corrected chi connectivity index (χ1v) is 9.52. The molecule has 0 N–H and O–H groups in total. The molecular weight excluding hydrogens is 304 g/mol. The molecule has 0 amide bonds. The number of rotatable bonds is 3. The summed E-state index contributed by atoms with van der Waals surface area (Å²) in [5.74, 6) is 0.805. The Bertz CT molecular complexity index is 616. The highest BCUT2D eigenvalue weighted by molar-refractivity contribution is 7.88. The molecule has 1 aromatic heterocycles. The van der Waals surface area contributed by atoms with E-state index in [0.717, 1.165) is 43.9 Å². The van der Waals surface area contributed by atoms with Gasteiger partial charge in [0.1, 0.15) is 5.82 Å². The molecule has 0 bridgehead atoms. The van der Waals surface area contributed by atoms with Crippen LogP contribution in [0.25, 0.3) is 0 Å². The second kappa shape index (κ2) is 6.47. The molecule has 122 valence electrons. The summed E-state index contributed by atoms with van der Waals surface area (Å²) in [4.78, 5) is 11.1. The molecule has 2 aliphatic heterocycles. The molecule has 0 spiro atoms. The van der Waals surface area contributed by atoms with Gasteiger partial charge in [0.05, 0.1) is 43.6 Å². The average molecular weight is 326 g/mol. The fourth-order valence-electron chi connectivity index (χ4n) is 3.07. The topological polar surface area (TPSA) is 75.6 Å². The maximum atomic E-state index is 12.0. The van der Waals surface area contributed by atoms with Crippen molar-refractivity contribution in [2.45, 2.75) is 25.3 Å². The lowest BCUT2D eigenvalue weighted by molar-refractivity contribution is 0.122. The predicted octanol–water partition coefficient (Wildman–Crippen LogP) is 0.800. The number of anilines is 1. The summed E-state index contributed by atoms with van der Waals surface area (Å²) in [5.41, 5.74) is 0.745. The maximum Gasteiger partial charge on any atom is 0.211 e. The smallest absolute Gasteiger partial charge is 0.211 e. The van der Waals surface area contributed by atoms with Crippen LogP contribution in [-0.4, -0.2) is 61.8 Å². The second-order valence-electron chi connectivity index (χ2n) is 5.79. The van der Waals surface area contributed by atoms with Crippen LogP contribution in [0.1, 0.15) is 31.0 Å². The summed E-state index contributed by atoms with van der Waals surface area (Å²) < 4.78 is 30.9. The van der Waals surface area contributed by atoms with Gasteiger partial charge in [-0.1, -0.05) is 6.42 Å². The molecule has 3 rings (SSSR count). The van der Waals surface area contributed by atoms with Crippen LogP contribution in [0, 0.1) is 0 Å². The molecular formula is C14H22N4O3S. The Hall–Kier alpha value is -1.25. The quantitative estimate of drug-likeness (QED) is 0.818. The zero-order valence-electron chi connectivity index (χ0n) is 12.8. The number of ether oxygens (including phenoxy) is 1. The van der Waals surface area contributed by atoms with Gasteiger partial charge in [-0.25, -0.2) is 13.4 Å². The van der Waals surface area contributed by atoms with Crippen molar-refractivity contribution in [3.8, 4) is 0 Å². The fraction of sp³-hybridized carbons (Fsp3) is 0.714. The lowest BCUT2D eigenvalue weighted by Crippen LogP contribution is -2.39. The molecule has 8 heteroatoms. The van der Waals surface area contributed by atoms with E-state index < -0.39 is 10.0 Å². The minimum Gasteiger partial charge on any atom is -0.378 e. The van der Waals surface area contributed by atoms with Crippen molar-refractivity contribution in [1.82, 2.24) is 14.3 Å². The summed E-state index contributed by atoms with van der Waals surface area (Å²) in [7, 11) is -3.23. The van der Waals surface area contributed by atoms with Crippen LogP contribution < -0.4 is 4.90 Å². The Balaban J connectivity index is 1.86. The largest absolute Gasteiger partial charge is 0.378 e. The van der Waals surface area contributed by atoms with Crippen LogP contribution in [0.4, 0.5) is 5.82 Å². The van der Waals surface area contributed by atoms with E-state index in [9.17, 15) is 8.42 Å². The highest BCUT2D eigenvalue weighted by Gasteiger charge is 2.32. The third-order valence-corrected chi connectivity index (χ3v) is 5.49. The second-order valence-corrected chi connectivity index (χ2v) is 7.72. The third kappa shape index (κ3) is 3.39. The van der Waals surface area contributed by atoms with E-state index >= 15 is 0 Å². The first kappa shape index (κ1) is 15.6. The number of aromatic nitrogens is 2. The van der Waals surface area contributed by atoms with Gasteiger partial charge in [0.15, 0.2) is 0 Å². The zero-order valence-corrected chi connectivity index (χ0v) is 13.6. The number of morpholine rings is 1. The number of hydrogen-bond acceptors (Lipinski definition) is 6. The Kier molecular flexibility index (Phi) is 4.60. The molecule has 0 aromatic carbocycles. The van der Waals surface area contributed by atoms with Gasteiger partial charge in [-0.15, -0.1) is 0 Å². The number of piperidine rings is 1. The number of sulfonamides is 1. The Morgan fingerprint density at radius 3 is 2.68 bits per heavy atom. The molecule has 0 aliphatic carbocycles. The minimum atomic E-state index is -3.23. The summed E-state index contributed by atoms with van der Waals surface area (Å²) in [6.07, 6.45) is 7.42. The molecule has 2 saturated heterocycles. The van der Waals surface area contributed by atoms with Crippen molar-refractivity contribution < 1.29 is 13.2 Å². The monoisotopic (exact) mass is 326 g/mol. The van der Waals surface area contributed by atoms with Crippen molar-refractivity contribution in [3.63, 3.8) is 0 Å². The first-order chi connectivity index (χ1) is 10.6. The lowest BCUT2D eigenvalue weighted by atomic mass is 10.0. The maximum absolute atomic E-state index is 12.0. The predicted molar refractivity (Wildman–Crippen MR) is 83.2 cm³/mol. The van der Waals surface area contributed by atoms with Gasteiger partial charge in [-0.3, -0.25) is 4.98 Å². The number of nitrogens with zero attached hydrogens (tertiary/aromatic N) is 4. The molecule has 0 radical (unpaired) electrons. The van der Waals surface area contributed by atoms with Gasteiger partial charge in [0.25, 0.3) is 0 Å². The summed E-state index contributed by atoms with van der Waals surface area (Å²) in [6.45, 7) is 3.51. The van der Waals surface area contributed by atoms with Crippen LogP contribution in [-0.2, 0) is 14.8 Å². The summed E-state index contributed by atoms with van der Waals surface area (Å²) in [6, 6.07) is -0.197. The van der Waals surface area contributed by atoms with Gasteiger partial charge in [0, 0.05) is 19.6 Å². The average Bonchev–Trinajstić information content (AvgIpc) is 2.55. The van der Waals surface area contributed by atoms with Crippen molar-refractivity contribution in [3.05, 3.63) is 18.1 Å². The normalized spacial score (nSPS) is 24.4. The Labute approximate surface area is 131 Å². The van der Waals surface area contributed by atoms with Gasteiger partial charge >= 0.3 is 0 Å². The molecule has 1 unspecified atom stereocenters. The van der Waals surface area contributed by atoms with Gasteiger partial charge in [-0.05, 0) is 12.8 Å². The first-order valence-electron chi connectivity index (χ1n) is 7.67. The van der Waals surface area contributed by atoms with E-state index in [1.165, 1.54) is 6.26 Å². The standard InChI is InChI=1S/C14H22N4O3S/c1-22(19,20)18-5-3-2-4-13(18)12-10-15-11-14(16-12)17-6-8-21-9-7-17/h10-11,13H,2-9H2,1H3. The molecule has 0 saturated carbocycles. The van der Waals surface area contributed by atoms with E-state index in [2.05, 4.69) is 14.9 Å². The third-order valence-electron chi connectivity index (χ3n) is 4.20. The van der Waals surface area contributed by atoms with Crippen molar-refractivity contribution in [1.29, 1.82) is 0 Å². The Morgan fingerprint density at radius 1 is 1.18 bits per heavy atom. The van der Waals surface area contributed by atoms with E-state index in [1.807, 2.05) is 0 Å². The van der Waals surface area contributed by atoms with Crippen molar-refractivity contribution in [2.75, 3.05) is 44.0 Å². The van der Waals surface area contributed by atoms with Crippen LogP contribution in [0.5, 0.6) is 0 Å². The zero-order chi connectivity index (χ0) is 15.6. The molecule has 1 atom stereocenters. The van der Waals surface area contributed by atoms with Crippen LogP contribution >= 0.6 is 0 Å². The van der Waals surface area contributed by atoms with Crippen LogP contribution in [0.3, 0.4) is 0 Å². The molecule has 2 fully saturated rings. The van der Waals surface area contributed by atoms with Gasteiger partial charge in [-0.2, -0.15) is 4.31 Å². The summed E-state index contributed by atoms with van der Waals surface area (Å²) >= 11 is 0. The molecule has 7 nitrogen and oxygen atoms in total.